The fourth-order valence-electron chi connectivity index (χ4n) is 2.01. The van der Waals surface area contributed by atoms with Crippen LogP contribution < -0.4 is 5.32 Å². The first-order chi connectivity index (χ1) is 11.8. The van der Waals surface area contributed by atoms with Gasteiger partial charge in [0.25, 0.3) is 5.91 Å². The lowest BCUT2D eigenvalue weighted by atomic mass is 10.2. The molecule has 0 aliphatic rings. The van der Waals surface area contributed by atoms with Crippen molar-refractivity contribution < 1.29 is 18.7 Å². The maximum absolute atomic E-state index is 12.1. The third kappa shape index (κ3) is 5.00. The van der Waals surface area contributed by atoms with Gasteiger partial charge in [-0.2, -0.15) is 0 Å². The molecule has 25 heavy (non-hydrogen) atoms. The standard InChI is InChI=1S/C18H19Cl2NO4/c1-10(2)9-21-17(22)11(3)24-18(23)15-8-7-14(25-15)12-5-4-6-13(19)16(12)20/h4-8,10-11H,9H2,1-3H3,(H,21,22)/t11-/m0/s1. The number of carbonyl (C=O) groups is 2. The number of nitrogens with one attached hydrogen (secondary N) is 1. The number of hydrogen-bond donors (Lipinski definition) is 1. The van der Waals surface area contributed by atoms with Crippen molar-refractivity contribution in [1.82, 2.24) is 5.32 Å². The number of benzene rings is 1. The van der Waals surface area contributed by atoms with E-state index in [9.17, 15) is 9.59 Å². The molecule has 0 aliphatic carbocycles. The highest BCUT2D eigenvalue weighted by Crippen LogP contribution is 2.34. The van der Waals surface area contributed by atoms with Crippen LogP contribution in [0.1, 0.15) is 31.3 Å². The molecule has 7 heteroatoms. The van der Waals surface area contributed by atoms with Crippen LogP contribution in [-0.2, 0) is 9.53 Å². The predicted molar refractivity (Wildman–Crippen MR) is 96.9 cm³/mol. The van der Waals surface area contributed by atoms with E-state index in [2.05, 4.69) is 5.32 Å². The second kappa shape index (κ2) is 8.41. The van der Waals surface area contributed by atoms with E-state index in [1.165, 1.54) is 13.0 Å². The molecule has 0 bridgehead atoms. The molecule has 0 saturated heterocycles. The monoisotopic (exact) mass is 383 g/mol. The molecule has 0 fully saturated rings. The quantitative estimate of drug-likeness (QED) is 0.741. The van der Waals surface area contributed by atoms with Crippen LogP contribution in [0.4, 0.5) is 0 Å². The van der Waals surface area contributed by atoms with Crippen LogP contribution in [0.3, 0.4) is 0 Å². The first-order valence-electron chi connectivity index (χ1n) is 7.82. The Hall–Kier alpha value is -1.98. The van der Waals surface area contributed by atoms with E-state index in [0.29, 0.717) is 33.8 Å². The van der Waals surface area contributed by atoms with Crippen LogP contribution in [0.5, 0.6) is 0 Å². The summed E-state index contributed by atoms with van der Waals surface area (Å²) >= 11 is 12.1. The van der Waals surface area contributed by atoms with Crippen molar-refractivity contribution in [3.8, 4) is 11.3 Å². The number of hydrogen-bond acceptors (Lipinski definition) is 4. The number of carbonyl (C=O) groups excluding carboxylic acids is 2. The summed E-state index contributed by atoms with van der Waals surface area (Å²) in [4.78, 5) is 24.0. The molecule has 1 aromatic carbocycles. The van der Waals surface area contributed by atoms with Crippen LogP contribution in [0, 0.1) is 5.92 Å². The highest BCUT2D eigenvalue weighted by atomic mass is 35.5. The lowest BCUT2D eigenvalue weighted by Crippen LogP contribution is -2.37. The molecule has 1 amide bonds. The van der Waals surface area contributed by atoms with E-state index in [-0.39, 0.29) is 11.7 Å². The molecular formula is C18H19Cl2NO4. The smallest absolute Gasteiger partial charge is 0.375 e. The van der Waals surface area contributed by atoms with E-state index in [1.807, 2.05) is 13.8 Å². The highest BCUT2D eigenvalue weighted by Gasteiger charge is 2.22. The van der Waals surface area contributed by atoms with Gasteiger partial charge in [0.1, 0.15) is 5.76 Å². The molecule has 0 radical (unpaired) electrons. The lowest BCUT2D eigenvalue weighted by Gasteiger charge is -2.13. The van der Waals surface area contributed by atoms with Crippen LogP contribution in [-0.4, -0.2) is 24.5 Å². The molecule has 0 unspecified atom stereocenters. The van der Waals surface area contributed by atoms with Crippen molar-refractivity contribution in [1.29, 1.82) is 0 Å². The fraction of sp³-hybridized carbons (Fsp3) is 0.333. The zero-order valence-electron chi connectivity index (χ0n) is 14.1. The number of ether oxygens (including phenoxy) is 1. The summed E-state index contributed by atoms with van der Waals surface area (Å²) in [5.41, 5.74) is 0.566. The van der Waals surface area contributed by atoms with Gasteiger partial charge in [-0.15, -0.1) is 0 Å². The Labute approximate surface area is 156 Å². The largest absolute Gasteiger partial charge is 0.449 e. The third-order valence-electron chi connectivity index (χ3n) is 3.36. The Morgan fingerprint density at radius 2 is 1.88 bits per heavy atom. The zero-order chi connectivity index (χ0) is 18.6. The van der Waals surface area contributed by atoms with Crippen molar-refractivity contribution in [2.24, 2.45) is 5.92 Å². The van der Waals surface area contributed by atoms with Crippen molar-refractivity contribution >= 4 is 35.1 Å². The second-order valence-corrected chi connectivity index (χ2v) is 6.74. The Morgan fingerprint density at radius 1 is 1.16 bits per heavy atom. The second-order valence-electron chi connectivity index (χ2n) is 5.95. The summed E-state index contributed by atoms with van der Waals surface area (Å²) in [5, 5.41) is 3.42. The summed E-state index contributed by atoms with van der Waals surface area (Å²) in [7, 11) is 0. The highest BCUT2D eigenvalue weighted by molar-refractivity contribution is 6.43. The van der Waals surface area contributed by atoms with Crippen LogP contribution in [0.25, 0.3) is 11.3 Å². The Balaban J connectivity index is 2.05. The van der Waals surface area contributed by atoms with E-state index in [1.54, 1.807) is 24.3 Å². The van der Waals surface area contributed by atoms with Gasteiger partial charge in [-0.25, -0.2) is 4.79 Å². The summed E-state index contributed by atoms with van der Waals surface area (Å²) in [6, 6.07) is 8.17. The summed E-state index contributed by atoms with van der Waals surface area (Å²) in [6.45, 7) is 5.97. The van der Waals surface area contributed by atoms with Gasteiger partial charge in [-0.3, -0.25) is 4.79 Å². The number of furan rings is 1. The van der Waals surface area contributed by atoms with Crippen LogP contribution >= 0.6 is 23.2 Å². The average Bonchev–Trinajstić information content (AvgIpc) is 3.04. The van der Waals surface area contributed by atoms with Gasteiger partial charge in [0.05, 0.1) is 10.0 Å². The molecule has 0 saturated carbocycles. The molecular weight excluding hydrogens is 365 g/mol. The van der Waals surface area contributed by atoms with E-state index in [0.717, 1.165) is 0 Å². The first kappa shape index (κ1) is 19.3. The van der Waals surface area contributed by atoms with Crippen molar-refractivity contribution in [2.45, 2.75) is 26.9 Å². The lowest BCUT2D eigenvalue weighted by molar-refractivity contribution is -0.129. The van der Waals surface area contributed by atoms with E-state index >= 15 is 0 Å². The number of rotatable bonds is 6. The topological polar surface area (TPSA) is 68.5 Å². The van der Waals surface area contributed by atoms with Gasteiger partial charge >= 0.3 is 5.97 Å². The number of halogens is 2. The Morgan fingerprint density at radius 3 is 2.56 bits per heavy atom. The van der Waals surface area contributed by atoms with Crippen LogP contribution in [0.15, 0.2) is 34.7 Å². The fourth-order valence-corrected chi connectivity index (χ4v) is 2.40. The molecule has 2 rings (SSSR count). The zero-order valence-corrected chi connectivity index (χ0v) is 15.6. The van der Waals surface area contributed by atoms with E-state index < -0.39 is 12.1 Å². The minimum Gasteiger partial charge on any atom is -0.449 e. The molecule has 1 heterocycles. The van der Waals surface area contributed by atoms with Crippen molar-refractivity contribution in [3.63, 3.8) is 0 Å². The molecule has 0 aliphatic heterocycles. The summed E-state index contributed by atoms with van der Waals surface area (Å²) in [6.07, 6.45) is -0.922. The molecule has 5 nitrogen and oxygen atoms in total. The SMILES string of the molecule is CC(C)CNC(=O)[C@H](C)OC(=O)c1ccc(-c2cccc(Cl)c2Cl)o1. The minimum atomic E-state index is -0.922. The normalized spacial score (nSPS) is 12.1. The molecule has 1 N–H and O–H groups in total. The molecule has 1 aromatic heterocycles. The maximum Gasteiger partial charge on any atom is 0.375 e. The Kier molecular flexibility index (Phi) is 6.51. The van der Waals surface area contributed by atoms with Gasteiger partial charge < -0.3 is 14.5 Å². The third-order valence-corrected chi connectivity index (χ3v) is 4.18. The molecule has 134 valence electrons. The minimum absolute atomic E-state index is 0.0189. The molecule has 2 aromatic rings. The maximum atomic E-state index is 12.1. The number of esters is 1. The molecule has 0 spiro atoms. The van der Waals surface area contributed by atoms with Gasteiger partial charge in [0.2, 0.25) is 5.76 Å². The van der Waals surface area contributed by atoms with Gasteiger partial charge in [-0.1, -0.05) is 43.1 Å². The first-order valence-corrected chi connectivity index (χ1v) is 8.58. The van der Waals surface area contributed by atoms with Gasteiger partial charge in [0.15, 0.2) is 6.10 Å². The summed E-state index contributed by atoms with van der Waals surface area (Å²) in [5.74, 6) is -0.406. The van der Waals surface area contributed by atoms with Crippen LogP contribution in [0.2, 0.25) is 10.0 Å². The Bertz CT molecular complexity index is 770. The molecule has 1 atom stereocenters. The average molecular weight is 384 g/mol. The van der Waals surface area contributed by atoms with Crippen molar-refractivity contribution in [2.75, 3.05) is 6.54 Å². The van der Waals surface area contributed by atoms with Gasteiger partial charge in [-0.05, 0) is 37.1 Å². The van der Waals surface area contributed by atoms with E-state index in [4.69, 9.17) is 32.4 Å². The number of amides is 1. The van der Waals surface area contributed by atoms with Crippen molar-refractivity contribution in [3.05, 3.63) is 46.1 Å². The summed E-state index contributed by atoms with van der Waals surface area (Å²) < 4.78 is 10.6. The van der Waals surface area contributed by atoms with Gasteiger partial charge in [0, 0.05) is 12.1 Å². The predicted octanol–water partition coefficient (Wildman–Crippen LogP) is 4.57.